The topological polar surface area (TPSA) is 24.4 Å². The average molecular weight is 271 g/mol. The molecule has 0 aromatic heterocycles. The van der Waals surface area contributed by atoms with E-state index < -0.39 is 0 Å². The van der Waals surface area contributed by atoms with Crippen LogP contribution in [0.1, 0.15) is 32.1 Å². The molecule has 1 aliphatic heterocycles. The van der Waals surface area contributed by atoms with Crippen molar-refractivity contribution in [2.24, 2.45) is 4.99 Å². The molecule has 0 radical (unpaired) electrons. The van der Waals surface area contributed by atoms with Crippen molar-refractivity contribution in [3.8, 4) is 0 Å². The van der Waals surface area contributed by atoms with Gasteiger partial charge in [0.25, 0.3) is 0 Å². The van der Waals surface area contributed by atoms with Crippen LogP contribution >= 0.6 is 23.2 Å². The number of halogens is 2. The standard InChI is InChI=1S/C13H16Cl2N2/c14-10-7-11(15)9-12(8-10)17-13-5-3-1-2-4-6-16-13/h7-9H,1-6H2,(H,16,17). The highest BCUT2D eigenvalue weighted by atomic mass is 35.5. The van der Waals surface area contributed by atoms with Gasteiger partial charge in [-0.15, -0.1) is 0 Å². The maximum Gasteiger partial charge on any atom is 0.101 e. The summed E-state index contributed by atoms with van der Waals surface area (Å²) in [6.45, 7) is 0.913. The van der Waals surface area contributed by atoms with Gasteiger partial charge in [-0.1, -0.05) is 36.0 Å². The van der Waals surface area contributed by atoms with Gasteiger partial charge in [-0.25, -0.2) is 0 Å². The molecule has 4 heteroatoms. The highest BCUT2D eigenvalue weighted by Crippen LogP contribution is 2.23. The monoisotopic (exact) mass is 270 g/mol. The number of nitrogens with zero attached hydrogens (tertiary/aromatic N) is 1. The number of amidine groups is 1. The molecule has 0 spiro atoms. The highest BCUT2D eigenvalue weighted by Gasteiger charge is 2.05. The molecular formula is C13H16Cl2N2. The van der Waals surface area contributed by atoms with Gasteiger partial charge in [0.05, 0.1) is 0 Å². The van der Waals surface area contributed by atoms with E-state index in [-0.39, 0.29) is 0 Å². The Bertz CT molecular complexity index is 396. The van der Waals surface area contributed by atoms with Crippen LogP contribution in [-0.2, 0) is 0 Å². The van der Waals surface area contributed by atoms with Crippen LogP contribution in [0, 0.1) is 0 Å². The molecule has 1 N–H and O–H groups in total. The third-order valence-corrected chi connectivity index (χ3v) is 3.21. The van der Waals surface area contributed by atoms with Crippen LogP contribution in [0.25, 0.3) is 0 Å². The molecule has 0 bridgehead atoms. The summed E-state index contributed by atoms with van der Waals surface area (Å²) in [5.74, 6) is 1.04. The number of rotatable bonds is 1. The van der Waals surface area contributed by atoms with Crippen molar-refractivity contribution in [2.75, 3.05) is 11.9 Å². The fourth-order valence-electron chi connectivity index (χ4n) is 1.95. The number of anilines is 1. The van der Waals surface area contributed by atoms with Gasteiger partial charge in [0, 0.05) is 28.7 Å². The highest BCUT2D eigenvalue weighted by molar-refractivity contribution is 6.35. The Labute approximate surface area is 112 Å². The van der Waals surface area contributed by atoms with Crippen molar-refractivity contribution < 1.29 is 0 Å². The van der Waals surface area contributed by atoms with Gasteiger partial charge >= 0.3 is 0 Å². The molecule has 0 amide bonds. The van der Waals surface area contributed by atoms with E-state index in [0.717, 1.165) is 24.5 Å². The number of hydrogen-bond donors (Lipinski definition) is 1. The Morgan fingerprint density at radius 2 is 1.65 bits per heavy atom. The van der Waals surface area contributed by atoms with E-state index in [1.165, 1.54) is 25.7 Å². The molecule has 0 aliphatic carbocycles. The lowest BCUT2D eigenvalue weighted by Gasteiger charge is -2.13. The molecule has 0 fully saturated rings. The third-order valence-electron chi connectivity index (χ3n) is 2.78. The largest absolute Gasteiger partial charge is 0.344 e. The van der Waals surface area contributed by atoms with E-state index in [0.29, 0.717) is 10.0 Å². The first-order valence-corrected chi connectivity index (χ1v) is 6.76. The Morgan fingerprint density at radius 1 is 0.941 bits per heavy atom. The smallest absolute Gasteiger partial charge is 0.101 e. The zero-order valence-electron chi connectivity index (χ0n) is 9.68. The Balaban J connectivity index is 2.07. The van der Waals surface area contributed by atoms with Crippen molar-refractivity contribution >= 4 is 34.7 Å². The van der Waals surface area contributed by atoms with Gasteiger partial charge in [-0.2, -0.15) is 0 Å². The Hall–Kier alpha value is -0.730. The molecule has 0 saturated heterocycles. The van der Waals surface area contributed by atoms with Crippen LogP contribution in [0.4, 0.5) is 5.69 Å². The number of hydrogen-bond acceptors (Lipinski definition) is 2. The van der Waals surface area contributed by atoms with Crippen molar-refractivity contribution in [3.05, 3.63) is 28.2 Å². The van der Waals surface area contributed by atoms with E-state index in [9.17, 15) is 0 Å². The zero-order chi connectivity index (χ0) is 12.1. The lowest BCUT2D eigenvalue weighted by molar-refractivity contribution is 0.644. The summed E-state index contributed by atoms with van der Waals surface area (Å²) in [7, 11) is 0. The van der Waals surface area contributed by atoms with Crippen molar-refractivity contribution in [1.82, 2.24) is 0 Å². The van der Waals surface area contributed by atoms with Crippen LogP contribution in [0.5, 0.6) is 0 Å². The predicted octanol–water partition coefficient (Wildman–Crippen LogP) is 4.77. The van der Waals surface area contributed by atoms with Gasteiger partial charge in [0.15, 0.2) is 0 Å². The van der Waals surface area contributed by atoms with Gasteiger partial charge in [-0.3, -0.25) is 4.99 Å². The Kier molecular flexibility index (Phi) is 4.69. The SMILES string of the molecule is Clc1cc(Cl)cc(NC2=NCCCCCC2)c1. The molecule has 17 heavy (non-hydrogen) atoms. The summed E-state index contributed by atoms with van der Waals surface area (Å²) in [5.41, 5.74) is 0.918. The fraction of sp³-hybridized carbons (Fsp3) is 0.462. The van der Waals surface area contributed by atoms with Crippen LogP contribution in [-0.4, -0.2) is 12.4 Å². The molecule has 92 valence electrons. The first-order chi connectivity index (χ1) is 8.24. The quantitative estimate of drug-likeness (QED) is 0.781. The van der Waals surface area contributed by atoms with Crippen LogP contribution < -0.4 is 5.32 Å². The fourth-order valence-corrected chi connectivity index (χ4v) is 2.47. The number of benzene rings is 1. The minimum Gasteiger partial charge on any atom is -0.344 e. The van der Waals surface area contributed by atoms with E-state index in [4.69, 9.17) is 23.2 Å². The van der Waals surface area contributed by atoms with Gasteiger partial charge in [0.2, 0.25) is 0 Å². The van der Waals surface area contributed by atoms with Gasteiger partial charge in [0.1, 0.15) is 5.84 Å². The van der Waals surface area contributed by atoms with E-state index in [2.05, 4.69) is 10.3 Å². The van der Waals surface area contributed by atoms with Gasteiger partial charge < -0.3 is 5.32 Å². The first-order valence-electron chi connectivity index (χ1n) is 6.00. The molecule has 0 saturated carbocycles. The molecular weight excluding hydrogens is 255 g/mol. The summed E-state index contributed by atoms with van der Waals surface area (Å²) < 4.78 is 0. The molecule has 0 unspecified atom stereocenters. The predicted molar refractivity (Wildman–Crippen MR) is 75.5 cm³/mol. The second-order valence-corrected chi connectivity index (χ2v) is 5.15. The van der Waals surface area contributed by atoms with Crippen LogP contribution in [0.2, 0.25) is 10.0 Å². The summed E-state index contributed by atoms with van der Waals surface area (Å²) in [5, 5.41) is 4.60. The zero-order valence-corrected chi connectivity index (χ0v) is 11.2. The molecule has 1 heterocycles. The normalized spacial score (nSPS) is 16.9. The molecule has 1 aromatic rings. The minimum absolute atomic E-state index is 0.645. The molecule has 1 aromatic carbocycles. The third kappa shape index (κ3) is 4.21. The summed E-state index contributed by atoms with van der Waals surface area (Å²) >= 11 is 11.9. The van der Waals surface area contributed by atoms with Crippen LogP contribution in [0.3, 0.4) is 0 Å². The lowest BCUT2D eigenvalue weighted by Crippen LogP contribution is -2.14. The molecule has 1 aliphatic rings. The summed E-state index contributed by atoms with van der Waals surface area (Å²) in [4.78, 5) is 4.56. The van der Waals surface area contributed by atoms with Gasteiger partial charge in [-0.05, 0) is 31.0 Å². The second kappa shape index (κ2) is 6.27. The summed E-state index contributed by atoms with van der Waals surface area (Å²) in [6, 6.07) is 5.47. The molecule has 2 rings (SSSR count). The van der Waals surface area contributed by atoms with E-state index in [1.807, 2.05) is 12.1 Å². The number of nitrogens with one attached hydrogen (secondary N) is 1. The lowest BCUT2D eigenvalue weighted by atomic mass is 10.1. The van der Waals surface area contributed by atoms with Crippen molar-refractivity contribution in [3.63, 3.8) is 0 Å². The average Bonchev–Trinajstić information content (AvgIpc) is 2.20. The molecule has 0 atom stereocenters. The number of aliphatic imine (C=N–C) groups is 1. The molecule has 2 nitrogen and oxygen atoms in total. The van der Waals surface area contributed by atoms with E-state index in [1.54, 1.807) is 6.07 Å². The van der Waals surface area contributed by atoms with Crippen molar-refractivity contribution in [2.45, 2.75) is 32.1 Å². The second-order valence-electron chi connectivity index (χ2n) is 4.28. The summed E-state index contributed by atoms with van der Waals surface area (Å²) in [6.07, 6.45) is 5.96. The first kappa shape index (κ1) is 12.7. The van der Waals surface area contributed by atoms with Crippen LogP contribution in [0.15, 0.2) is 23.2 Å². The Morgan fingerprint density at radius 3 is 2.41 bits per heavy atom. The maximum absolute atomic E-state index is 5.96. The minimum atomic E-state index is 0.645. The van der Waals surface area contributed by atoms with E-state index >= 15 is 0 Å². The van der Waals surface area contributed by atoms with Crippen molar-refractivity contribution in [1.29, 1.82) is 0 Å². The maximum atomic E-state index is 5.96.